The maximum Gasteiger partial charge on any atom is 0.131 e. The molecule has 0 aliphatic heterocycles. The van der Waals surface area contributed by atoms with Crippen LogP contribution in [0.1, 0.15) is 35.6 Å². The molecule has 148 valence electrons. The van der Waals surface area contributed by atoms with E-state index in [9.17, 15) is 14.4 Å². The second-order valence-electron chi connectivity index (χ2n) is 6.65. The van der Waals surface area contributed by atoms with Gasteiger partial charge in [-0.15, -0.1) is 0 Å². The minimum atomic E-state index is -1.29. The Bertz CT molecular complexity index is 733. The number of nitrogens with one attached hydrogen (secondary N) is 1. The Morgan fingerprint density at radius 2 is 1.89 bits per heavy atom. The number of hydrogen-bond donors (Lipinski definition) is 3. The standard InChI is InChI=1S/C21H29NO4S/c1-16-5-7-17(8-6-16)15-26-12-4-3-11-22-14-20(24)18-9-10-19(23)21(13-18)27(2)25/h5-10,13,20,22-24H,3-4,11-12,14-15H2,1-2H3. The van der Waals surface area contributed by atoms with Gasteiger partial charge < -0.3 is 20.3 Å². The normalized spacial score (nSPS) is 13.4. The second-order valence-corrected chi connectivity index (χ2v) is 7.99. The van der Waals surface area contributed by atoms with Crippen molar-refractivity contribution in [3.63, 3.8) is 0 Å². The average molecular weight is 392 g/mol. The Hall–Kier alpha value is -1.73. The summed E-state index contributed by atoms with van der Waals surface area (Å²) in [6.45, 7) is 4.61. The number of ether oxygens (including phenoxy) is 1. The van der Waals surface area contributed by atoms with E-state index in [-0.39, 0.29) is 5.75 Å². The van der Waals surface area contributed by atoms with E-state index in [1.165, 1.54) is 23.4 Å². The summed E-state index contributed by atoms with van der Waals surface area (Å²) in [6.07, 6.45) is 2.71. The van der Waals surface area contributed by atoms with E-state index in [0.717, 1.165) is 19.4 Å². The van der Waals surface area contributed by atoms with Gasteiger partial charge in [0.25, 0.3) is 0 Å². The molecule has 0 saturated heterocycles. The zero-order valence-electron chi connectivity index (χ0n) is 16.0. The third-order valence-electron chi connectivity index (χ3n) is 4.30. The van der Waals surface area contributed by atoms with E-state index >= 15 is 0 Å². The van der Waals surface area contributed by atoms with Crippen LogP contribution in [-0.2, 0) is 22.1 Å². The molecule has 2 atom stereocenters. The average Bonchev–Trinajstić information content (AvgIpc) is 2.65. The fraction of sp³-hybridized carbons (Fsp3) is 0.429. The third-order valence-corrected chi connectivity index (χ3v) is 5.24. The molecule has 27 heavy (non-hydrogen) atoms. The van der Waals surface area contributed by atoms with Crippen LogP contribution in [0.15, 0.2) is 47.4 Å². The highest BCUT2D eigenvalue weighted by Gasteiger charge is 2.12. The van der Waals surface area contributed by atoms with Gasteiger partial charge in [0, 0.05) is 19.4 Å². The lowest BCUT2D eigenvalue weighted by atomic mass is 10.1. The van der Waals surface area contributed by atoms with Crippen LogP contribution in [0.2, 0.25) is 0 Å². The predicted molar refractivity (Wildman–Crippen MR) is 108 cm³/mol. The molecular formula is C21H29NO4S. The molecule has 0 heterocycles. The molecule has 0 aromatic heterocycles. The number of unbranched alkanes of at least 4 members (excludes halogenated alkanes) is 1. The summed E-state index contributed by atoms with van der Waals surface area (Å²) in [6, 6.07) is 13.1. The first-order chi connectivity index (χ1) is 13.0. The molecule has 3 N–H and O–H groups in total. The number of aliphatic hydroxyl groups excluding tert-OH is 1. The number of aromatic hydroxyl groups is 1. The fourth-order valence-electron chi connectivity index (χ4n) is 2.65. The van der Waals surface area contributed by atoms with Crippen LogP contribution in [0.3, 0.4) is 0 Å². The lowest BCUT2D eigenvalue weighted by Crippen LogP contribution is -2.22. The summed E-state index contributed by atoms with van der Waals surface area (Å²) in [5.74, 6) is -0.00891. The highest BCUT2D eigenvalue weighted by Crippen LogP contribution is 2.24. The van der Waals surface area contributed by atoms with E-state index in [0.29, 0.717) is 30.2 Å². The number of rotatable bonds is 11. The van der Waals surface area contributed by atoms with Gasteiger partial charge in [-0.05, 0) is 49.6 Å². The van der Waals surface area contributed by atoms with Gasteiger partial charge in [-0.3, -0.25) is 4.21 Å². The molecule has 0 fully saturated rings. The molecule has 6 heteroatoms. The molecule has 5 nitrogen and oxygen atoms in total. The monoisotopic (exact) mass is 391 g/mol. The molecule has 2 aromatic carbocycles. The van der Waals surface area contributed by atoms with Crippen LogP contribution in [0, 0.1) is 6.92 Å². The maximum atomic E-state index is 11.6. The first-order valence-corrected chi connectivity index (χ1v) is 10.7. The highest BCUT2D eigenvalue weighted by molar-refractivity contribution is 7.84. The zero-order valence-corrected chi connectivity index (χ0v) is 16.8. The molecule has 0 radical (unpaired) electrons. The lowest BCUT2D eigenvalue weighted by molar-refractivity contribution is 0.116. The smallest absolute Gasteiger partial charge is 0.131 e. The molecule has 2 rings (SSSR count). The number of hydrogen-bond acceptors (Lipinski definition) is 5. The van der Waals surface area contributed by atoms with E-state index < -0.39 is 16.9 Å². The van der Waals surface area contributed by atoms with Crippen molar-refractivity contribution in [1.29, 1.82) is 0 Å². The zero-order chi connectivity index (χ0) is 19.6. The van der Waals surface area contributed by atoms with Gasteiger partial charge >= 0.3 is 0 Å². The number of phenolic OH excluding ortho intramolecular Hbond substituents is 1. The lowest BCUT2D eigenvalue weighted by Gasteiger charge is -2.14. The van der Waals surface area contributed by atoms with Crippen molar-refractivity contribution in [1.82, 2.24) is 5.32 Å². The van der Waals surface area contributed by atoms with Crippen molar-refractivity contribution in [3.8, 4) is 5.75 Å². The Morgan fingerprint density at radius 3 is 2.59 bits per heavy atom. The van der Waals surface area contributed by atoms with Gasteiger partial charge in [-0.1, -0.05) is 35.9 Å². The summed E-state index contributed by atoms with van der Waals surface area (Å²) in [5.41, 5.74) is 3.08. The van der Waals surface area contributed by atoms with Crippen LogP contribution in [0.4, 0.5) is 0 Å². The van der Waals surface area contributed by atoms with Gasteiger partial charge in [0.15, 0.2) is 0 Å². The quantitative estimate of drug-likeness (QED) is 0.513. The van der Waals surface area contributed by atoms with Gasteiger partial charge in [-0.25, -0.2) is 0 Å². The molecule has 0 aliphatic rings. The van der Waals surface area contributed by atoms with Crippen LogP contribution < -0.4 is 5.32 Å². The Kier molecular flexibility index (Phi) is 8.94. The highest BCUT2D eigenvalue weighted by atomic mass is 32.2. The van der Waals surface area contributed by atoms with Crippen LogP contribution >= 0.6 is 0 Å². The van der Waals surface area contributed by atoms with E-state index in [1.54, 1.807) is 12.1 Å². The Labute approximate surface area is 163 Å². The topological polar surface area (TPSA) is 78.8 Å². The number of benzene rings is 2. The van der Waals surface area contributed by atoms with Gasteiger partial charge in [0.05, 0.1) is 28.4 Å². The van der Waals surface area contributed by atoms with Gasteiger partial charge in [-0.2, -0.15) is 0 Å². The van der Waals surface area contributed by atoms with Crippen molar-refractivity contribution in [2.75, 3.05) is 26.0 Å². The molecule has 2 aromatic rings. The van der Waals surface area contributed by atoms with Gasteiger partial charge in [0.2, 0.25) is 0 Å². The largest absolute Gasteiger partial charge is 0.507 e. The number of aliphatic hydroxyl groups is 1. The summed E-state index contributed by atoms with van der Waals surface area (Å²) in [5, 5.41) is 23.1. The van der Waals surface area contributed by atoms with Crippen molar-refractivity contribution in [3.05, 3.63) is 59.2 Å². The molecule has 2 unspecified atom stereocenters. The summed E-state index contributed by atoms with van der Waals surface area (Å²) in [4.78, 5) is 0.345. The molecule has 0 amide bonds. The van der Waals surface area contributed by atoms with Crippen LogP contribution in [0.5, 0.6) is 5.75 Å². The van der Waals surface area contributed by atoms with E-state index in [1.807, 2.05) is 0 Å². The molecule has 0 bridgehead atoms. The second kappa shape index (κ2) is 11.2. The summed E-state index contributed by atoms with van der Waals surface area (Å²) in [7, 11) is -1.29. The molecular weight excluding hydrogens is 362 g/mol. The molecule has 0 saturated carbocycles. The summed E-state index contributed by atoms with van der Waals surface area (Å²) >= 11 is 0. The van der Waals surface area contributed by atoms with Crippen molar-refractivity contribution < 1.29 is 19.2 Å². The van der Waals surface area contributed by atoms with Crippen LogP contribution in [0.25, 0.3) is 0 Å². The first kappa shape index (κ1) is 21.6. The van der Waals surface area contributed by atoms with Crippen molar-refractivity contribution in [2.45, 2.75) is 37.4 Å². The van der Waals surface area contributed by atoms with E-state index in [2.05, 4.69) is 36.5 Å². The van der Waals surface area contributed by atoms with Gasteiger partial charge in [0.1, 0.15) is 5.75 Å². The Morgan fingerprint density at radius 1 is 1.15 bits per heavy atom. The minimum absolute atomic E-state index is 0.00891. The van der Waals surface area contributed by atoms with Crippen molar-refractivity contribution in [2.24, 2.45) is 0 Å². The SMILES string of the molecule is Cc1ccc(COCCCCNCC(O)c2ccc(O)c(S(C)=O)c2)cc1. The van der Waals surface area contributed by atoms with Crippen LogP contribution in [-0.4, -0.2) is 40.4 Å². The number of aryl methyl sites for hydroxylation is 1. The Balaban J connectivity index is 1.59. The number of phenols is 1. The first-order valence-electron chi connectivity index (χ1n) is 9.16. The fourth-order valence-corrected chi connectivity index (χ4v) is 3.32. The van der Waals surface area contributed by atoms with Crippen molar-refractivity contribution >= 4 is 10.8 Å². The maximum absolute atomic E-state index is 11.6. The molecule has 0 aliphatic carbocycles. The third kappa shape index (κ3) is 7.42. The predicted octanol–water partition coefficient (Wildman–Crippen LogP) is 3.06. The summed E-state index contributed by atoms with van der Waals surface area (Å²) < 4.78 is 17.2. The van der Waals surface area contributed by atoms with E-state index in [4.69, 9.17) is 4.74 Å². The molecule has 0 spiro atoms. The minimum Gasteiger partial charge on any atom is -0.507 e.